The molecule has 0 aromatic heterocycles. The first-order valence-electron chi connectivity index (χ1n) is 8.53. The lowest BCUT2D eigenvalue weighted by atomic mass is 10.1. The predicted molar refractivity (Wildman–Crippen MR) is 103 cm³/mol. The summed E-state index contributed by atoms with van der Waals surface area (Å²) in [5.41, 5.74) is -0.932. The smallest absolute Gasteiger partial charge is 0.418 e. The first-order chi connectivity index (χ1) is 13.6. The van der Waals surface area contributed by atoms with Crippen LogP contribution >= 0.6 is 11.6 Å². The Bertz CT molecular complexity index is 1080. The highest BCUT2D eigenvalue weighted by Gasteiger charge is 2.36. The number of fused-ring (bicyclic) bond motifs is 1. The van der Waals surface area contributed by atoms with E-state index in [0.29, 0.717) is 11.1 Å². The number of aliphatic carboxylic acids is 1. The molecule has 0 aliphatic rings. The molecule has 0 heterocycles. The maximum absolute atomic E-state index is 13.2. The minimum Gasteiger partial charge on any atom is -0.479 e. The molecule has 0 saturated carbocycles. The lowest BCUT2D eigenvalue weighted by Crippen LogP contribution is -2.22. The Hall–Kier alpha value is -2.93. The number of carbonyl (C=O) groups is 1. The topological polar surface area (TPSA) is 55.8 Å². The van der Waals surface area contributed by atoms with E-state index in [4.69, 9.17) is 26.2 Å². The maximum atomic E-state index is 13.2. The van der Waals surface area contributed by atoms with Crippen LogP contribution in [-0.2, 0) is 11.0 Å². The maximum Gasteiger partial charge on any atom is 0.418 e. The summed E-state index contributed by atoms with van der Waals surface area (Å²) in [7, 11) is 0. The lowest BCUT2D eigenvalue weighted by Gasteiger charge is -2.16. The zero-order valence-electron chi connectivity index (χ0n) is 15.4. The van der Waals surface area contributed by atoms with Crippen LogP contribution in [-0.4, -0.2) is 17.2 Å². The van der Waals surface area contributed by atoms with Crippen LogP contribution in [0.25, 0.3) is 10.8 Å². The standard InChI is InChI=1S/C21H16ClF3O4/c1-11-3-8-17(19(22)18(11)21(23,24)25)29-16-7-5-13-4-6-15(9-14(13)10-16)28-12(2)20(26)27/h3-10,12H,1-2H3,(H,26,27)/t12-/m1/s1. The van der Waals surface area contributed by atoms with Crippen molar-refractivity contribution in [3.05, 3.63) is 64.7 Å². The number of benzene rings is 3. The number of alkyl halides is 3. The molecule has 0 amide bonds. The van der Waals surface area contributed by atoms with Gasteiger partial charge in [-0.25, -0.2) is 4.79 Å². The molecule has 8 heteroatoms. The van der Waals surface area contributed by atoms with Crippen molar-refractivity contribution in [1.29, 1.82) is 0 Å². The Morgan fingerprint density at radius 2 is 1.66 bits per heavy atom. The third-order valence-electron chi connectivity index (χ3n) is 4.27. The summed E-state index contributed by atoms with van der Waals surface area (Å²) in [4.78, 5) is 10.9. The normalized spacial score (nSPS) is 12.6. The van der Waals surface area contributed by atoms with Gasteiger partial charge in [0, 0.05) is 0 Å². The van der Waals surface area contributed by atoms with Crippen LogP contribution in [0.1, 0.15) is 18.1 Å². The first kappa shape index (κ1) is 20.8. The van der Waals surface area contributed by atoms with Crippen LogP contribution in [0.15, 0.2) is 48.5 Å². The van der Waals surface area contributed by atoms with Gasteiger partial charge in [-0.15, -0.1) is 0 Å². The number of carboxylic acids is 1. The minimum atomic E-state index is -4.60. The average molecular weight is 425 g/mol. The molecule has 0 aliphatic carbocycles. The van der Waals surface area contributed by atoms with Crippen molar-refractivity contribution in [1.82, 2.24) is 0 Å². The van der Waals surface area contributed by atoms with E-state index in [1.807, 2.05) is 0 Å². The summed E-state index contributed by atoms with van der Waals surface area (Å²) in [6.45, 7) is 2.73. The van der Waals surface area contributed by atoms with Gasteiger partial charge in [-0.3, -0.25) is 0 Å². The fraction of sp³-hybridized carbons (Fsp3) is 0.190. The van der Waals surface area contributed by atoms with Gasteiger partial charge < -0.3 is 14.6 Å². The van der Waals surface area contributed by atoms with E-state index in [1.165, 1.54) is 26.0 Å². The van der Waals surface area contributed by atoms with Crippen LogP contribution < -0.4 is 9.47 Å². The minimum absolute atomic E-state index is 0.00250. The lowest BCUT2D eigenvalue weighted by molar-refractivity contribution is -0.144. The predicted octanol–water partition coefficient (Wildman–Crippen LogP) is 6.46. The van der Waals surface area contributed by atoms with Gasteiger partial charge >= 0.3 is 12.1 Å². The van der Waals surface area contributed by atoms with Crippen molar-refractivity contribution in [3.63, 3.8) is 0 Å². The molecule has 0 spiro atoms. The van der Waals surface area contributed by atoms with Gasteiger partial charge in [0.1, 0.15) is 17.2 Å². The second kappa shape index (κ2) is 7.83. The van der Waals surface area contributed by atoms with E-state index >= 15 is 0 Å². The molecule has 0 radical (unpaired) electrons. The van der Waals surface area contributed by atoms with Gasteiger partial charge in [0.15, 0.2) is 6.10 Å². The van der Waals surface area contributed by atoms with Gasteiger partial charge in [-0.1, -0.05) is 29.8 Å². The second-order valence-electron chi connectivity index (χ2n) is 6.44. The molecule has 3 rings (SSSR count). The summed E-state index contributed by atoms with van der Waals surface area (Å²) in [6, 6.07) is 12.6. The summed E-state index contributed by atoms with van der Waals surface area (Å²) < 4.78 is 50.7. The largest absolute Gasteiger partial charge is 0.479 e. The fourth-order valence-corrected chi connectivity index (χ4v) is 3.16. The van der Waals surface area contributed by atoms with E-state index in [-0.39, 0.29) is 17.1 Å². The van der Waals surface area contributed by atoms with Gasteiger partial charge in [0.2, 0.25) is 0 Å². The van der Waals surface area contributed by atoms with E-state index in [0.717, 1.165) is 5.39 Å². The van der Waals surface area contributed by atoms with Crippen LogP contribution in [0.3, 0.4) is 0 Å². The van der Waals surface area contributed by atoms with Gasteiger partial charge in [0.25, 0.3) is 0 Å². The fourth-order valence-electron chi connectivity index (χ4n) is 2.80. The zero-order chi connectivity index (χ0) is 21.3. The van der Waals surface area contributed by atoms with Gasteiger partial charge in [0.05, 0.1) is 10.6 Å². The summed E-state index contributed by atoms with van der Waals surface area (Å²) in [5, 5.41) is 9.93. The monoisotopic (exact) mass is 424 g/mol. The Morgan fingerprint density at radius 1 is 1.03 bits per heavy atom. The molecule has 0 bridgehead atoms. The van der Waals surface area contributed by atoms with Gasteiger partial charge in [-0.05, 0) is 60.5 Å². The third kappa shape index (κ3) is 4.56. The van der Waals surface area contributed by atoms with Crippen LogP contribution in [0.2, 0.25) is 5.02 Å². The Kier molecular flexibility index (Phi) is 5.61. The highest BCUT2D eigenvalue weighted by atomic mass is 35.5. The van der Waals surface area contributed by atoms with Crippen molar-refractivity contribution in [2.45, 2.75) is 26.1 Å². The molecule has 0 saturated heterocycles. The second-order valence-corrected chi connectivity index (χ2v) is 6.82. The third-order valence-corrected chi connectivity index (χ3v) is 4.65. The molecule has 0 unspecified atom stereocenters. The van der Waals surface area contributed by atoms with E-state index < -0.39 is 28.8 Å². The molecule has 4 nitrogen and oxygen atoms in total. The van der Waals surface area contributed by atoms with Crippen molar-refractivity contribution < 1.29 is 32.5 Å². The molecular formula is C21H16ClF3O4. The highest BCUT2D eigenvalue weighted by Crippen LogP contribution is 2.43. The van der Waals surface area contributed by atoms with E-state index in [9.17, 15) is 18.0 Å². The molecule has 3 aromatic rings. The number of ether oxygens (including phenoxy) is 2. The van der Waals surface area contributed by atoms with Crippen molar-refractivity contribution in [2.75, 3.05) is 0 Å². The number of carboxylic acid groups (broad SMARTS) is 1. The number of rotatable bonds is 5. The number of hydrogen-bond donors (Lipinski definition) is 1. The van der Waals surface area contributed by atoms with E-state index in [1.54, 1.807) is 36.4 Å². The molecule has 1 atom stereocenters. The Morgan fingerprint density at radius 3 is 2.28 bits per heavy atom. The molecular weight excluding hydrogens is 409 g/mol. The molecule has 1 N–H and O–H groups in total. The van der Waals surface area contributed by atoms with E-state index in [2.05, 4.69) is 0 Å². The van der Waals surface area contributed by atoms with Crippen molar-refractivity contribution >= 4 is 28.3 Å². The van der Waals surface area contributed by atoms with Crippen LogP contribution in [0.4, 0.5) is 13.2 Å². The van der Waals surface area contributed by atoms with Crippen LogP contribution in [0.5, 0.6) is 17.2 Å². The molecule has 0 fully saturated rings. The van der Waals surface area contributed by atoms with Gasteiger partial charge in [-0.2, -0.15) is 13.2 Å². The highest BCUT2D eigenvalue weighted by molar-refractivity contribution is 6.33. The molecule has 3 aromatic carbocycles. The first-order valence-corrected chi connectivity index (χ1v) is 8.91. The molecule has 0 aliphatic heterocycles. The average Bonchev–Trinajstić information content (AvgIpc) is 2.62. The number of aryl methyl sites for hydroxylation is 1. The Labute approximate surface area is 169 Å². The molecule has 29 heavy (non-hydrogen) atoms. The quantitative estimate of drug-likeness (QED) is 0.510. The van der Waals surface area contributed by atoms with Crippen molar-refractivity contribution in [2.24, 2.45) is 0 Å². The van der Waals surface area contributed by atoms with Crippen molar-refractivity contribution in [3.8, 4) is 17.2 Å². The Balaban J connectivity index is 1.94. The zero-order valence-corrected chi connectivity index (χ0v) is 16.1. The summed E-state index contributed by atoms with van der Waals surface area (Å²) in [6.07, 6.45) is -5.63. The number of halogens is 4. The number of hydrogen-bond acceptors (Lipinski definition) is 3. The summed E-state index contributed by atoms with van der Waals surface area (Å²) >= 11 is 5.96. The SMILES string of the molecule is Cc1ccc(Oc2ccc3ccc(O[C@H](C)C(=O)O)cc3c2)c(Cl)c1C(F)(F)F. The van der Waals surface area contributed by atoms with Crippen LogP contribution in [0, 0.1) is 6.92 Å². The summed E-state index contributed by atoms with van der Waals surface area (Å²) in [5.74, 6) is -0.593. The molecule has 152 valence electrons.